The van der Waals surface area contributed by atoms with Crippen molar-refractivity contribution in [2.75, 3.05) is 16.6 Å². The van der Waals surface area contributed by atoms with Gasteiger partial charge in [-0.3, -0.25) is 19.2 Å². The van der Waals surface area contributed by atoms with Gasteiger partial charge < -0.3 is 9.72 Å². The third kappa shape index (κ3) is 4.92. The van der Waals surface area contributed by atoms with Crippen molar-refractivity contribution in [3.8, 4) is 17.1 Å². The smallest absolute Gasteiger partial charge is 0.321 e. The van der Waals surface area contributed by atoms with E-state index in [4.69, 9.17) is 4.74 Å². The summed E-state index contributed by atoms with van der Waals surface area (Å²) >= 11 is 0. The Hall–Kier alpha value is -4.91. The third-order valence-corrected chi connectivity index (χ3v) is 6.31. The van der Waals surface area contributed by atoms with Crippen molar-refractivity contribution in [2.24, 2.45) is 0 Å². The van der Waals surface area contributed by atoms with Gasteiger partial charge >= 0.3 is 16.2 Å². The first-order valence-electron chi connectivity index (χ1n) is 10.7. The molecule has 4 aromatic heterocycles. The molecule has 0 aliphatic rings. The summed E-state index contributed by atoms with van der Waals surface area (Å²) in [5.41, 5.74) is 1.32. The minimum atomic E-state index is -4.21. The Morgan fingerprint density at radius 3 is 2.49 bits per heavy atom. The molecule has 13 heteroatoms. The molecule has 0 amide bonds. The lowest BCUT2D eigenvalue weighted by Crippen LogP contribution is -2.22. The highest BCUT2D eigenvalue weighted by Gasteiger charge is 2.22. The number of methoxy groups -OCH3 is 1. The van der Waals surface area contributed by atoms with E-state index in [0.29, 0.717) is 22.2 Å². The van der Waals surface area contributed by atoms with Gasteiger partial charge in [0.2, 0.25) is 0 Å². The van der Waals surface area contributed by atoms with Crippen LogP contribution >= 0.6 is 0 Å². The van der Waals surface area contributed by atoms with Crippen LogP contribution in [0.4, 0.5) is 15.8 Å². The van der Waals surface area contributed by atoms with Crippen LogP contribution in [0.5, 0.6) is 6.01 Å². The van der Waals surface area contributed by atoms with Crippen molar-refractivity contribution >= 4 is 38.4 Å². The van der Waals surface area contributed by atoms with Crippen molar-refractivity contribution in [1.29, 1.82) is 0 Å². The van der Waals surface area contributed by atoms with E-state index in [1.165, 1.54) is 50.0 Å². The number of aromatic nitrogens is 5. The van der Waals surface area contributed by atoms with E-state index in [1.807, 2.05) is 0 Å². The summed E-state index contributed by atoms with van der Waals surface area (Å²) in [6, 6.07) is 8.81. The number of pyridine rings is 2. The Balaban J connectivity index is 1.46. The van der Waals surface area contributed by atoms with E-state index in [2.05, 4.69) is 34.4 Å². The van der Waals surface area contributed by atoms with Crippen LogP contribution in [0.2, 0.25) is 0 Å². The third-order valence-electron chi connectivity index (χ3n) is 5.32. The number of nitrogens with zero attached hydrogens (tertiary/aromatic N) is 4. The second-order valence-corrected chi connectivity index (χ2v) is 9.14. The Kier molecular flexibility index (Phi) is 6.19. The molecule has 5 rings (SSSR count). The van der Waals surface area contributed by atoms with E-state index in [1.54, 1.807) is 30.7 Å². The van der Waals surface area contributed by atoms with Crippen molar-refractivity contribution < 1.29 is 22.3 Å². The van der Waals surface area contributed by atoms with E-state index in [0.717, 1.165) is 0 Å². The van der Waals surface area contributed by atoms with Crippen LogP contribution in [0.1, 0.15) is 15.9 Å². The zero-order chi connectivity index (χ0) is 26.0. The number of carbonyl (C=O) groups is 1. The molecule has 0 unspecified atom stereocenters. The van der Waals surface area contributed by atoms with E-state index in [9.17, 15) is 13.2 Å². The lowest BCUT2D eigenvalue weighted by atomic mass is 10.0. The fourth-order valence-electron chi connectivity index (χ4n) is 3.60. The number of fused-ring (bicyclic) bond motifs is 1. The molecule has 1 aromatic carbocycles. The monoisotopic (exact) mass is 519 g/mol. The minimum Gasteiger partial charge on any atom is -0.467 e. The van der Waals surface area contributed by atoms with Crippen LogP contribution in [0.3, 0.4) is 0 Å². The second kappa shape index (κ2) is 9.62. The van der Waals surface area contributed by atoms with Gasteiger partial charge in [-0.15, -0.1) is 0 Å². The van der Waals surface area contributed by atoms with Gasteiger partial charge in [0.05, 0.1) is 30.2 Å². The molecule has 11 nitrogen and oxygen atoms in total. The molecule has 4 heterocycles. The molecule has 5 aromatic rings. The fourth-order valence-corrected chi connectivity index (χ4v) is 4.53. The number of nitrogens with one attached hydrogen (secondary N) is 3. The maximum atomic E-state index is 15.4. The molecular weight excluding hydrogens is 501 g/mol. The van der Waals surface area contributed by atoms with Crippen molar-refractivity contribution in [2.45, 2.75) is 0 Å². The molecule has 3 N–H and O–H groups in total. The van der Waals surface area contributed by atoms with Gasteiger partial charge in [-0.25, -0.2) is 19.3 Å². The molecule has 0 atom stereocenters. The van der Waals surface area contributed by atoms with Gasteiger partial charge in [0.25, 0.3) is 0 Å². The number of anilines is 2. The highest BCUT2D eigenvalue weighted by molar-refractivity contribution is 7.94. The number of ketones is 1. The highest BCUT2D eigenvalue weighted by atomic mass is 32.2. The van der Waals surface area contributed by atoms with Crippen LogP contribution in [0.15, 0.2) is 73.6 Å². The number of carbonyl (C=O) groups excluding carboxylic acids is 1. The summed E-state index contributed by atoms with van der Waals surface area (Å²) in [6.07, 6.45) is 8.90. The van der Waals surface area contributed by atoms with Gasteiger partial charge in [0.15, 0.2) is 11.6 Å². The normalized spacial score (nSPS) is 11.3. The average Bonchev–Trinajstić information content (AvgIpc) is 3.33. The van der Waals surface area contributed by atoms with Gasteiger partial charge in [0, 0.05) is 53.1 Å². The number of halogens is 1. The van der Waals surface area contributed by atoms with Crippen molar-refractivity contribution in [3.05, 3.63) is 90.5 Å². The highest BCUT2D eigenvalue weighted by Crippen LogP contribution is 2.28. The minimum absolute atomic E-state index is 0.158. The Bertz CT molecular complexity index is 1710. The van der Waals surface area contributed by atoms with Crippen molar-refractivity contribution in [1.82, 2.24) is 24.9 Å². The zero-order valence-corrected chi connectivity index (χ0v) is 20.0. The second-order valence-electron chi connectivity index (χ2n) is 7.73. The number of aromatic amines is 1. The summed E-state index contributed by atoms with van der Waals surface area (Å²) in [4.78, 5) is 32.6. The topological polar surface area (TPSA) is 152 Å². The summed E-state index contributed by atoms with van der Waals surface area (Å²) in [6.45, 7) is 0. The van der Waals surface area contributed by atoms with Gasteiger partial charge in [-0.2, -0.15) is 8.42 Å². The standard InChI is InChI=1S/C24H18FN7O4S/c1-36-24-29-10-15(11-30-24)14-8-18-19(13-28-23(18)27-9-14)22(33)17-5-2-6-20(21(17)25)32-37(34,35)31-16-4-3-7-26-12-16/h2-13,31-32H,1H3,(H,27,28). The molecule has 0 spiro atoms. The molecule has 0 saturated heterocycles. The number of H-pyrrole nitrogens is 1. The number of benzene rings is 1. The van der Waals surface area contributed by atoms with Crippen LogP contribution < -0.4 is 14.2 Å². The number of hydrogen-bond donors (Lipinski definition) is 3. The summed E-state index contributed by atoms with van der Waals surface area (Å²) in [5, 5.41) is 0.446. The maximum Gasteiger partial charge on any atom is 0.321 e. The number of hydrogen-bond acceptors (Lipinski definition) is 8. The quantitative estimate of drug-likeness (QED) is 0.263. The first-order chi connectivity index (χ1) is 17.8. The predicted octanol–water partition coefficient (Wildman–Crippen LogP) is 3.56. The van der Waals surface area contributed by atoms with Gasteiger partial charge in [-0.05, 0) is 30.3 Å². The average molecular weight is 520 g/mol. The van der Waals surface area contributed by atoms with E-state index in [-0.39, 0.29) is 22.8 Å². The SMILES string of the molecule is COc1ncc(-c2cnc3[nH]cc(C(=O)c4cccc(NS(=O)(=O)Nc5cccnc5)c4F)c3c2)cn1. The first kappa shape index (κ1) is 23.8. The molecule has 0 radical (unpaired) electrons. The van der Waals surface area contributed by atoms with Crippen LogP contribution in [-0.4, -0.2) is 46.2 Å². The van der Waals surface area contributed by atoms with E-state index < -0.39 is 27.5 Å². The zero-order valence-electron chi connectivity index (χ0n) is 19.1. The van der Waals surface area contributed by atoms with Gasteiger partial charge in [-0.1, -0.05) is 6.07 Å². The number of ether oxygens (including phenoxy) is 1. The van der Waals surface area contributed by atoms with Gasteiger partial charge in [0.1, 0.15) is 5.65 Å². The Labute approximate surface area is 210 Å². The van der Waals surface area contributed by atoms with Crippen LogP contribution in [0.25, 0.3) is 22.2 Å². The molecular formula is C24H18FN7O4S. The Morgan fingerprint density at radius 1 is 0.973 bits per heavy atom. The van der Waals surface area contributed by atoms with Crippen LogP contribution in [0, 0.1) is 5.82 Å². The van der Waals surface area contributed by atoms with E-state index >= 15 is 4.39 Å². The molecule has 0 fully saturated rings. The Morgan fingerprint density at radius 2 is 1.76 bits per heavy atom. The fraction of sp³-hybridized carbons (Fsp3) is 0.0417. The summed E-state index contributed by atoms with van der Waals surface area (Å²) in [5.74, 6) is -1.68. The molecule has 0 aliphatic heterocycles. The first-order valence-corrected chi connectivity index (χ1v) is 12.2. The molecule has 0 saturated carbocycles. The molecule has 37 heavy (non-hydrogen) atoms. The molecule has 0 bridgehead atoms. The lowest BCUT2D eigenvalue weighted by Gasteiger charge is -2.12. The number of rotatable bonds is 8. The molecule has 0 aliphatic carbocycles. The van der Waals surface area contributed by atoms with Crippen molar-refractivity contribution in [3.63, 3.8) is 0 Å². The lowest BCUT2D eigenvalue weighted by molar-refractivity contribution is 0.103. The largest absolute Gasteiger partial charge is 0.467 e. The maximum absolute atomic E-state index is 15.4. The summed E-state index contributed by atoms with van der Waals surface area (Å²) < 4.78 is 49.7. The predicted molar refractivity (Wildman–Crippen MR) is 134 cm³/mol. The molecule has 186 valence electrons. The summed E-state index contributed by atoms with van der Waals surface area (Å²) in [7, 11) is -2.76. The van der Waals surface area contributed by atoms with Crippen LogP contribution in [-0.2, 0) is 10.2 Å².